The number of anilines is 2. The minimum Gasteiger partial charge on any atom is -0.480 e. The monoisotopic (exact) mass is 554 g/mol. The minimum atomic E-state index is -1.25. The van der Waals surface area contributed by atoms with Crippen LogP contribution < -0.4 is 4.90 Å². The molecule has 212 valence electrons. The zero-order valence-corrected chi connectivity index (χ0v) is 22.9. The number of carbonyl (C=O) groups excluding carboxylic acids is 1. The van der Waals surface area contributed by atoms with Gasteiger partial charge in [-0.3, -0.25) is 4.79 Å². The van der Waals surface area contributed by atoms with Gasteiger partial charge in [0.2, 0.25) is 0 Å². The van der Waals surface area contributed by atoms with E-state index in [1.807, 2.05) is 91.9 Å². The predicted octanol–water partition coefficient (Wildman–Crippen LogP) is 5.09. The summed E-state index contributed by atoms with van der Waals surface area (Å²) in [6.07, 6.45) is 1.63. The second-order valence-corrected chi connectivity index (χ2v) is 10.7. The van der Waals surface area contributed by atoms with Gasteiger partial charge in [0.1, 0.15) is 11.6 Å². The van der Waals surface area contributed by atoms with Gasteiger partial charge in [-0.1, -0.05) is 48.5 Å². The standard InChI is InChI=1S/C32H34N4O5/c1-2-33(20-22-13-14-23-17-18-41-28(23)19-22)31(39)36-26-15-16-27(36)29(30(37)38)34(21-26)32(40)35(24-9-5-3-6-10-24)25-11-7-4-8-12-25/h3-14,17-19,26-27,29,32,40H,2,15-16,20-21H2,1H3,(H,37,38)/t26-,27+,29-,32?/m0/s1. The zero-order valence-electron chi connectivity index (χ0n) is 22.9. The smallest absolute Gasteiger partial charge is 0.323 e. The first-order valence-electron chi connectivity index (χ1n) is 14.1. The lowest BCUT2D eigenvalue weighted by atomic mass is 10.0. The van der Waals surface area contributed by atoms with E-state index in [9.17, 15) is 19.8 Å². The highest BCUT2D eigenvalue weighted by Gasteiger charge is 2.54. The van der Waals surface area contributed by atoms with Gasteiger partial charge in [0, 0.05) is 42.4 Å². The van der Waals surface area contributed by atoms with Crippen LogP contribution in [0.1, 0.15) is 25.3 Å². The van der Waals surface area contributed by atoms with E-state index < -0.39 is 24.4 Å². The Morgan fingerprint density at radius 3 is 2.29 bits per heavy atom. The van der Waals surface area contributed by atoms with Crippen LogP contribution in [-0.4, -0.2) is 74.5 Å². The molecular weight excluding hydrogens is 520 g/mol. The van der Waals surface area contributed by atoms with E-state index in [2.05, 4.69) is 0 Å². The number of para-hydroxylation sites is 2. The highest BCUT2D eigenvalue weighted by Crippen LogP contribution is 2.38. The molecule has 2 bridgehead atoms. The maximum atomic E-state index is 14.0. The summed E-state index contributed by atoms with van der Waals surface area (Å²) in [5, 5.41) is 23.3. The molecule has 4 aromatic rings. The summed E-state index contributed by atoms with van der Waals surface area (Å²) in [5.74, 6) is -1.06. The van der Waals surface area contributed by atoms with Crippen molar-refractivity contribution in [3.05, 3.63) is 96.8 Å². The maximum Gasteiger partial charge on any atom is 0.323 e. The Kier molecular flexibility index (Phi) is 7.38. The number of hydrogen-bond acceptors (Lipinski definition) is 6. The molecule has 6 rings (SSSR count). The molecule has 3 heterocycles. The van der Waals surface area contributed by atoms with E-state index in [1.165, 1.54) is 0 Å². The number of nitrogens with zero attached hydrogens (tertiary/aromatic N) is 4. The lowest BCUT2D eigenvalue weighted by molar-refractivity contribution is -0.156. The molecule has 41 heavy (non-hydrogen) atoms. The Labute approximate surface area is 238 Å². The van der Waals surface area contributed by atoms with Crippen molar-refractivity contribution < 1.29 is 24.2 Å². The number of hydrogen-bond donors (Lipinski definition) is 2. The molecule has 0 spiro atoms. The number of carbonyl (C=O) groups is 2. The summed E-state index contributed by atoms with van der Waals surface area (Å²) in [4.78, 5) is 33.7. The number of furan rings is 1. The number of aliphatic carboxylic acids is 1. The van der Waals surface area contributed by atoms with Crippen LogP contribution in [0.4, 0.5) is 16.2 Å². The van der Waals surface area contributed by atoms with Crippen molar-refractivity contribution in [1.82, 2.24) is 14.7 Å². The van der Waals surface area contributed by atoms with Crippen LogP contribution in [0.5, 0.6) is 0 Å². The predicted molar refractivity (Wildman–Crippen MR) is 156 cm³/mol. The fourth-order valence-corrected chi connectivity index (χ4v) is 6.36. The molecule has 9 nitrogen and oxygen atoms in total. The molecule has 2 fully saturated rings. The first-order valence-corrected chi connectivity index (χ1v) is 14.1. The van der Waals surface area contributed by atoms with Gasteiger partial charge < -0.3 is 29.3 Å². The van der Waals surface area contributed by atoms with Crippen molar-refractivity contribution in [2.45, 2.75) is 50.8 Å². The quantitative estimate of drug-likeness (QED) is 0.293. The second kappa shape index (κ2) is 11.3. The number of carboxylic acids is 1. The number of carboxylic acid groups (broad SMARTS) is 1. The zero-order chi connectivity index (χ0) is 28.5. The minimum absolute atomic E-state index is 0.178. The largest absolute Gasteiger partial charge is 0.480 e. The molecule has 0 saturated carbocycles. The fourth-order valence-electron chi connectivity index (χ4n) is 6.36. The van der Waals surface area contributed by atoms with Gasteiger partial charge in [-0.05, 0) is 61.7 Å². The third kappa shape index (κ3) is 5.03. The molecule has 2 saturated heterocycles. The van der Waals surface area contributed by atoms with Crippen molar-refractivity contribution in [2.24, 2.45) is 0 Å². The molecular formula is C32H34N4O5. The van der Waals surface area contributed by atoms with Crippen LogP contribution in [-0.2, 0) is 11.3 Å². The van der Waals surface area contributed by atoms with Gasteiger partial charge >= 0.3 is 12.0 Å². The van der Waals surface area contributed by atoms with Gasteiger partial charge in [0.15, 0.2) is 6.35 Å². The van der Waals surface area contributed by atoms with Gasteiger partial charge in [-0.25, -0.2) is 9.69 Å². The number of aliphatic hydroxyl groups is 1. The Bertz CT molecular complexity index is 1470. The summed E-state index contributed by atoms with van der Waals surface area (Å²) < 4.78 is 5.54. The summed E-state index contributed by atoms with van der Waals surface area (Å²) in [6.45, 7) is 3.04. The molecule has 3 aromatic carbocycles. The lowest BCUT2D eigenvalue weighted by Gasteiger charge is -2.49. The van der Waals surface area contributed by atoms with Crippen molar-refractivity contribution >= 4 is 34.3 Å². The topological polar surface area (TPSA) is 101 Å². The van der Waals surface area contributed by atoms with Crippen LogP contribution in [0.25, 0.3) is 11.0 Å². The average molecular weight is 555 g/mol. The van der Waals surface area contributed by atoms with E-state index in [0.717, 1.165) is 27.9 Å². The molecule has 1 unspecified atom stereocenters. The number of piperazine rings is 1. The van der Waals surface area contributed by atoms with Gasteiger partial charge in [-0.2, -0.15) is 0 Å². The molecule has 2 amide bonds. The first kappa shape index (κ1) is 26.9. The van der Waals surface area contributed by atoms with Crippen LogP contribution in [0.15, 0.2) is 95.6 Å². The molecule has 9 heteroatoms. The summed E-state index contributed by atoms with van der Waals surface area (Å²) in [5.41, 5.74) is 3.19. The number of fused-ring (bicyclic) bond motifs is 3. The second-order valence-electron chi connectivity index (χ2n) is 10.7. The molecule has 0 radical (unpaired) electrons. The highest BCUT2D eigenvalue weighted by molar-refractivity contribution is 5.81. The van der Waals surface area contributed by atoms with E-state index in [4.69, 9.17) is 4.42 Å². The molecule has 2 aliphatic heterocycles. The number of benzene rings is 3. The summed E-state index contributed by atoms with van der Waals surface area (Å²) >= 11 is 0. The average Bonchev–Trinajstić information content (AvgIpc) is 3.58. The van der Waals surface area contributed by atoms with Crippen molar-refractivity contribution in [2.75, 3.05) is 18.0 Å². The Balaban J connectivity index is 1.27. The third-order valence-electron chi connectivity index (χ3n) is 8.31. The van der Waals surface area contributed by atoms with Crippen LogP contribution in [0, 0.1) is 0 Å². The number of likely N-dealkylation sites (tertiary alicyclic amines) is 1. The van der Waals surface area contributed by atoms with Gasteiger partial charge in [-0.15, -0.1) is 0 Å². The van der Waals surface area contributed by atoms with E-state index >= 15 is 0 Å². The fraction of sp³-hybridized carbons (Fsp3) is 0.312. The lowest BCUT2D eigenvalue weighted by Crippen LogP contribution is -2.68. The molecule has 0 aliphatic carbocycles. The van der Waals surface area contributed by atoms with Crippen molar-refractivity contribution in [3.8, 4) is 0 Å². The Hall–Kier alpha value is -4.34. The van der Waals surface area contributed by atoms with E-state index in [-0.39, 0.29) is 18.6 Å². The number of urea groups is 1. The molecule has 1 aromatic heterocycles. The highest BCUT2D eigenvalue weighted by atomic mass is 16.4. The molecule has 2 aliphatic rings. The van der Waals surface area contributed by atoms with Gasteiger partial charge in [0.05, 0.1) is 12.3 Å². The first-order chi connectivity index (χ1) is 20.0. The van der Waals surface area contributed by atoms with E-state index in [0.29, 0.717) is 25.9 Å². The van der Waals surface area contributed by atoms with Crippen molar-refractivity contribution in [3.63, 3.8) is 0 Å². The van der Waals surface area contributed by atoms with Crippen LogP contribution >= 0.6 is 0 Å². The number of rotatable bonds is 8. The van der Waals surface area contributed by atoms with Gasteiger partial charge in [0.25, 0.3) is 0 Å². The summed E-state index contributed by atoms with van der Waals surface area (Å²) in [6, 6.07) is 24.7. The SMILES string of the molecule is CCN(Cc1ccc2ccoc2c1)C(=O)N1[C@H]2CC[C@@H]1[C@@H](C(=O)O)N(C(O)N(c1ccccc1)c1ccccc1)C2. The van der Waals surface area contributed by atoms with Crippen LogP contribution in [0.3, 0.4) is 0 Å². The Morgan fingerprint density at radius 2 is 1.66 bits per heavy atom. The Morgan fingerprint density at radius 1 is 0.976 bits per heavy atom. The number of amides is 2. The maximum absolute atomic E-state index is 14.0. The summed E-state index contributed by atoms with van der Waals surface area (Å²) in [7, 11) is 0. The van der Waals surface area contributed by atoms with Crippen LogP contribution in [0.2, 0.25) is 0 Å². The molecule has 4 atom stereocenters. The third-order valence-corrected chi connectivity index (χ3v) is 8.31. The number of aliphatic hydroxyl groups excluding tert-OH is 1. The van der Waals surface area contributed by atoms with Crippen molar-refractivity contribution in [1.29, 1.82) is 0 Å². The van der Waals surface area contributed by atoms with E-state index in [1.54, 1.807) is 25.9 Å². The normalized spacial score (nSPS) is 21.1. The molecule has 2 N–H and O–H groups in total.